The summed E-state index contributed by atoms with van der Waals surface area (Å²) in [6.07, 6.45) is 0. The Kier molecular flexibility index (Phi) is 2.87. The fraction of sp³-hybridized carbons (Fsp3) is 0.667. The number of rotatable bonds is 3. The Morgan fingerprint density at radius 3 is 2.73 bits per heavy atom. The molecular formula is C6H10BrN3O. The highest BCUT2D eigenvalue weighted by Gasteiger charge is 2.06. The number of aromatic nitrogens is 3. The summed E-state index contributed by atoms with van der Waals surface area (Å²) in [5.41, 5.74) is 0. The summed E-state index contributed by atoms with van der Waals surface area (Å²) in [6.45, 7) is 2.54. The second-order valence-electron chi connectivity index (χ2n) is 2.02. The first-order valence-corrected chi connectivity index (χ1v) is 4.48. The average molecular weight is 220 g/mol. The molecule has 0 bridgehead atoms. The molecule has 11 heavy (non-hydrogen) atoms. The first-order valence-electron chi connectivity index (χ1n) is 3.36. The van der Waals surface area contributed by atoms with Gasteiger partial charge in [0.1, 0.15) is 5.82 Å². The average Bonchev–Trinajstić information content (AvgIpc) is 2.34. The maximum Gasteiger partial charge on any atom is 0.316 e. The molecule has 0 aliphatic rings. The molecule has 0 aromatic carbocycles. The summed E-state index contributed by atoms with van der Waals surface area (Å²) in [5, 5.41) is 8.43. The third-order valence-electron chi connectivity index (χ3n) is 1.32. The normalized spacial score (nSPS) is 10.1. The standard InChI is InChI=1S/C6H10BrN3O/c1-3-11-6-9-8-5(4-7)10(6)2/h3-4H2,1-2H3. The lowest BCUT2D eigenvalue weighted by Crippen LogP contribution is -2.01. The summed E-state index contributed by atoms with van der Waals surface area (Å²) in [6, 6.07) is 0.571. The van der Waals surface area contributed by atoms with E-state index >= 15 is 0 Å². The molecule has 1 aromatic heterocycles. The van der Waals surface area contributed by atoms with Gasteiger partial charge in [0.05, 0.1) is 11.9 Å². The van der Waals surface area contributed by atoms with E-state index in [2.05, 4.69) is 26.1 Å². The topological polar surface area (TPSA) is 39.9 Å². The van der Waals surface area contributed by atoms with Gasteiger partial charge in [0.15, 0.2) is 0 Å². The number of hydrogen-bond donors (Lipinski definition) is 0. The lowest BCUT2D eigenvalue weighted by atomic mass is 10.7. The predicted molar refractivity (Wildman–Crippen MR) is 44.8 cm³/mol. The smallest absolute Gasteiger partial charge is 0.316 e. The van der Waals surface area contributed by atoms with Gasteiger partial charge in [-0.2, -0.15) is 0 Å². The number of hydrogen-bond acceptors (Lipinski definition) is 3. The van der Waals surface area contributed by atoms with E-state index < -0.39 is 0 Å². The lowest BCUT2D eigenvalue weighted by Gasteiger charge is -2.00. The first-order chi connectivity index (χ1) is 5.29. The molecule has 0 atom stereocenters. The molecule has 0 aliphatic carbocycles. The van der Waals surface area contributed by atoms with Gasteiger partial charge in [0.25, 0.3) is 0 Å². The third kappa shape index (κ3) is 1.71. The van der Waals surface area contributed by atoms with Crippen LogP contribution in [-0.4, -0.2) is 21.4 Å². The van der Waals surface area contributed by atoms with Gasteiger partial charge in [-0.05, 0) is 6.92 Å². The molecule has 0 aliphatic heterocycles. The van der Waals surface area contributed by atoms with Gasteiger partial charge in [-0.1, -0.05) is 21.0 Å². The van der Waals surface area contributed by atoms with Crippen LogP contribution in [0.4, 0.5) is 0 Å². The van der Waals surface area contributed by atoms with E-state index in [-0.39, 0.29) is 0 Å². The maximum absolute atomic E-state index is 5.19. The van der Waals surface area contributed by atoms with Crippen molar-refractivity contribution in [3.05, 3.63) is 5.82 Å². The highest BCUT2D eigenvalue weighted by Crippen LogP contribution is 2.09. The van der Waals surface area contributed by atoms with Crippen molar-refractivity contribution in [2.45, 2.75) is 12.3 Å². The zero-order valence-corrected chi connectivity index (χ0v) is 8.13. The first kappa shape index (κ1) is 8.52. The van der Waals surface area contributed by atoms with Crippen LogP contribution in [0, 0.1) is 0 Å². The van der Waals surface area contributed by atoms with E-state index in [9.17, 15) is 0 Å². The molecule has 1 aromatic rings. The monoisotopic (exact) mass is 219 g/mol. The summed E-state index contributed by atoms with van der Waals surface area (Å²) in [4.78, 5) is 0. The van der Waals surface area contributed by atoms with Crippen molar-refractivity contribution < 1.29 is 4.74 Å². The van der Waals surface area contributed by atoms with Crippen LogP contribution in [0.1, 0.15) is 12.7 Å². The van der Waals surface area contributed by atoms with E-state index in [1.54, 1.807) is 0 Å². The molecule has 4 nitrogen and oxygen atoms in total. The molecule has 1 heterocycles. The molecule has 0 unspecified atom stereocenters. The maximum atomic E-state index is 5.19. The predicted octanol–water partition coefficient (Wildman–Crippen LogP) is 1.11. The minimum Gasteiger partial charge on any atom is -0.464 e. The second-order valence-corrected chi connectivity index (χ2v) is 2.59. The van der Waals surface area contributed by atoms with E-state index in [1.165, 1.54) is 0 Å². The SMILES string of the molecule is CCOc1nnc(CBr)n1C. The van der Waals surface area contributed by atoms with Crippen LogP contribution in [0.15, 0.2) is 0 Å². The van der Waals surface area contributed by atoms with E-state index in [0.29, 0.717) is 17.9 Å². The molecule has 0 amide bonds. The number of alkyl halides is 1. The fourth-order valence-electron chi connectivity index (χ4n) is 0.716. The number of nitrogens with zero attached hydrogens (tertiary/aromatic N) is 3. The van der Waals surface area contributed by atoms with Gasteiger partial charge in [-0.15, -0.1) is 5.10 Å². The summed E-state index contributed by atoms with van der Waals surface area (Å²) in [7, 11) is 1.88. The van der Waals surface area contributed by atoms with Crippen LogP contribution in [0.3, 0.4) is 0 Å². The summed E-state index contributed by atoms with van der Waals surface area (Å²) >= 11 is 3.29. The van der Waals surface area contributed by atoms with E-state index in [4.69, 9.17) is 4.74 Å². The minimum absolute atomic E-state index is 0.571. The van der Waals surface area contributed by atoms with E-state index in [1.807, 2.05) is 18.5 Å². The molecule has 0 fully saturated rings. The summed E-state index contributed by atoms with van der Waals surface area (Å²) < 4.78 is 7.01. The fourth-order valence-corrected chi connectivity index (χ4v) is 1.20. The number of ether oxygens (including phenoxy) is 1. The Labute approximate surface area is 73.7 Å². The van der Waals surface area contributed by atoms with Gasteiger partial charge < -0.3 is 4.74 Å². The van der Waals surface area contributed by atoms with Crippen LogP contribution in [0.25, 0.3) is 0 Å². The van der Waals surface area contributed by atoms with Crippen LogP contribution < -0.4 is 4.74 Å². The molecule has 0 radical (unpaired) electrons. The zero-order valence-electron chi connectivity index (χ0n) is 6.54. The molecule has 0 saturated carbocycles. The zero-order chi connectivity index (χ0) is 8.27. The van der Waals surface area contributed by atoms with Crippen molar-refractivity contribution in [2.24, 2.45) is 7.05 Å². The van der Waals surface area contributed by atoms with Gasteiger partial charge in [0.2, 0.25) is 0 Å². The third-order valence-corrected chi connectivity index (χ3v) is 1.82. The van der Waals surface area contributed by atoms with Crippen molar-refractivity contribution >= 4 is 15.9 Å². The highest BCUT2D eigenvalue weighted by atomic mass is 79.9. The Hall–Kier alpha value is -0.580. The number of halogens is 1. The van der Waals surface area contributed by atoms with Gasteiger partial charge >= 0.3 is 6.01 Å². The molecule has 62 valence electrons. The Balaban J connectivity index is 2.82. The highest BCUT2D eigenvalue weighted by molar-refractivity contribution is 9.08. The van der Waals surface area contributed by atoms with Crippen molar-refractivity contribution in [3.63, 3.8) is 0 Å². The Morgan fingerprint density at radius 2 is 2.27 bits per heavy atom. The van der Waals surface area contributed by atoms with Crippen molar-refractivity contribution in [3.8, 4) is 6.01 Å². The van der Waals surface area contributed by atoms with Crippen LogP contribution in [0.5, 0.6) is 6.01 Å². The Morgan fingerprint density at radius 1 is 1.55 bits per heavy atom. The Bertz CT molecular complexity index is 236. The molecule has 0 N–H and O–H groups in total. The second kappa shape index (κ2) is 3.71. The molecule has 5 heteroatoms. The van der Waals surface area contributed by atoms with Crippen molar-refractivity contribution in [2.75, 3.05) is 6.61 Å². The lowest BCUT2D eigenvalue weighted by molar-refractivity contribution is 0.300. The quantitative estimate of drug-likeness (QED) is 0.716. The minimum atomic E-state index is 0.571. The van der Waals surface area contributed by atoms with E-state index in [0.717, 1.165) is 5.82 Å². The molecular weight excluding hydrogens is 210 g/mol. The van der Waals surface area contributed by atoms with Crippen LogP contribution in [0.2, 0.25) is 0 Å². The summed E-state index contributed by atoms with van der Waals surface area (Å²) in [5.74, 6) is 0.869. The molecule has 0 spiro atoms. The molecule has 1 rings (SSSR count). The van der Waals surface area contributed by atoms with Crippen molar-refractivity contribution in [1.29, 1.82) is 0 Å². The largest absolute Gasteiger partial charge is 0.464 e. The van der Waals surface area contributed by atoms with Gasteiger partial charge in [-0.3, -0.25) is 4.57 Å². The van der Waals surface area contributed by atoms with Gasteiger partial charge in [-0.25, -0.2) is 0 Å². The molecule has 0 saturated heterocycles. The van der Waals surface area contributed by atoms with Crippen LogP contribution in [-0.2, 0) is 12.4 Å². The van der Waals surface area contributed by atoms with Crippen molar-refractivity contribution in [1.82, 2.24) is 14.8 Å². The van der Waals surface area contributed by atoms with Gasteiger partial charge in [0, 0.05) is 7.05 Å². The van der Waals surface area contributed by atoms with Crippen LogP contribution >= 0.6 is 15.9 Å².